The number of nitrogens with zero attached hydrogens (tertiary/aromatic N) is 2. The summed E-state index contributed by atoms with van der Waals surface area (Å²) in [6.45, 7) is 6.63. The van der Waals surface area contributed by atoms with Crippen molar-refractivity contribution in [2.45, 2.75) is 45.6 Å². The van der Waals surface area contributed by atoms with E-state index in [9.17, 15) is 9.59 Å². The predicted molar refractivity (Wildman–Crippen MR) is 71.0 cm³/mol. The SMILES string of the molecule is CCC(=O)N1CCCN(C(=O)CCC(C)N)CC1. The first kappa shape index (κ1) is 15.0. The second-order valence-corrected chi connectivity index (χ2v) is 4.98. The van der Waals surface area contributed by atoms with Gasteiger partial charge in [-0.25, -0.2) is 0 Å². The molecule has 2 N–H and O–H groups in total. The van der Waals surface area contributed by atoms with Crippen LogP contribution in [0.4, 0.5) is 0 Å². The third-order valence-electron chi connectivity index (χ3n) is 3.32. The van der Waals surface area contributed by atoms with Crippen molar-refractivity contribution < 1.29 is 9.59 Å². The van der Waals surface area contributed by atoms with Crippen molar-refractivity contribution in [3.8, 4) is 0 Å². The number of rotatable bonds is 4. The van der Waals surface area contributed by atoms with Crippen LogP contribution in [-0.4, -0.2) is 53.8 Å². The molecule has 1 rings (SSSR count). The molecule has 1 atom stereocenters. The minimum absolute atomic E-state index is 0.0686. The van der Waals surface area contributed by atoms with Gasteiger partial charge in [0.2, 0.25) is 11.8 Å². The van der Waals surface area contributed by atoms with E-state index in [1.807, 2.05) is 23.6 Å². The molecule has 104 valence electrons. The monoisotopic (exact) mass is 255 g/mol. The summed E-state index contributed by atoms with van der Waals surface area (Å²) in [4.78, 5) is 27.3. The molecule has 0 spiro atoms. The van der Waals surface area contributed by atoms with Crippen molar-refractivity contribution in [1.29, 1.82) is 0 Å². The average molecular weight is 255 g/mol. The Labute approximate surface area is 109 Å². The lowest BCUT2D eigenvalue weighted by atomic mass is 10.2. The van der Waals surface area contributed by atoms with E-state index in [-0.39, 0.29) is 17.9 Å². The molecule has 1 aliphatic heterocycles. The zero-order chi connectivity index (χ0) is 13.5. The van der Waals surface area contributed by atoms with Gasteiger partial charge in [-0.1, -0.05) is 6.92 Å². The molecule has 5 nitrogen and oxygen atoms in total. The predicted octanol–water partition coefficient (Wildman–Crippen LogP) is 0.585. The molecule has 1 saturated heterocycles. The van der Waals surface area contributed by atoms with Gasteiger partial charge in [0.1, 0.15) is 0 Å². The van der Waals surface area contributed by atoms with Gasteiger partial charge in [0.15, 0.2) is 0 Å². The maximum absolute atomic E-state index is 12.0. The van der Waals surface area contributed by atoms with Gasteiger partial charge in [-0.3, -0.25) is 9.59 Å². The summed E-state index contributed by atoms with van der Waals surface area (Å²) in [6.07, 6.45) is 2.65. The molecule has 18 heavy (non-hydrogen) atoms. The third kappa shape index (κ3) is 4.64. The maximum atomic E-state index is 12.0. The van der Waals surface area contributed by atoms with E-state index in [2.05, 4.69) is 0 Å². The van der Waals surface area contributed by atoms with Crippen LogP contribution in [0, 0.1) is 0 Å². The van der Waals surface area contributed by atoms with Gasteiger partial charge < -0.3 is 15.5 Å². The Hall–Kier alpha value is -1.10. The van der Waals surface area contributed by atoms with E-state index in [0.717, 1.165) is 25.9 Å². The van der Waals surface area contributed by atoms with E-state index in [4.69, 9.17) is 5.73 Å². The standard InChI is InChI=1S/C13H25N3O2/c1-3-12(17)15-7-4-8-16(10-9-15)13(18)6-5-11(2)14/h11H,3-10,14H2,1-2H3. The summed E-state index contributed by atoms with van der Waals surface area (Å²) in [5, 5.41) is 0. The van der Waals surface area contributed by atoms with Crippen molar-refractivity contribution in [3.05, 3.63) is 0 Å². The van der Waals surface area contributed by atoms with Gasteiger partial charge in [0.05, 0.1) is 0 Å². The van der Waals surface area contributed by atoms with Gasteiger partial charge >= 0.3 is 0 Å². The highest BCUT2D eigenvalue weighted by Crippen LogP contribution is 2.08. The first-order valence-electron chi connectivity index (χ1n) is 6.85. The summed E-state index contributed by atoms with van der Waals surface area (Å²) < 4.78 is 0. The van der Waals surface area contributed by atoms with Crippen molar-refractivity contribution >= 4 is 11.8 Å². The fourth-order valence-corrected chi connectivity index (χ4v) is 2.15. The van der Waals surface area contributed by atoms with Gasteiger partial charge in [0, 0.05) is 45.1 Å². The lowest BCUT2D eigenvalue weighted by Crippen LogP contribution is -2.37. The second-order valence-electron chi connectivity index (χ2n) is 4.98. The van der Waals surface area contributed by atoms with E-state index < -0.39 is 0 Å². The highest BCUT2D eigenvalue weighted by molar-refractivity contribution is 5.77. The quantitative estimate of drug-likeness (QED) is 0.799. The number of hydrogen-bond acceptors (Lipinski definition) is 3. The Balaban J connectivity index is 2.41. The van der Waals surface area contributed by atoms with Crippen molar-refractivity contribution in [2.24, 2.45) is 5.73 Å². The van der Waals surface area contributed by atoms with Crippen molar-refractivity contribution in [2.75, 3.05) is 26.2 Å². The van der Waals surface area contributed by atoms with Crippen LogP contribution >= 0.6 is 0 Å². The fraction of sp³-hybridized carbons (Fsp3) is 0.846. The molecule has 1 heterocycles. The topological polar surface area (TPSA) is 66.6 Å². The summed E-state index contributed by atoms with van der Waals surface area (Å²) in [5.74, 6) is 0.345. The van der Waals surface area contributed by atoms with Gasteiger partial charge in [-0.15, -0.1) is 0 Å². The molecule has 1 fully saturated rings. The molecule has 2 amide bonds. The highest BCUT2D eigenvalue weighted by atomic mass is 16.2. The van der Waals surface area contributed by atoms with Gasteiger partial charge in [-0.05, 0) is 19.8 Å². The minimum Gasteiger partial charge on any atom is -0.341 e. The summed E-state index contributed by atoms with van der Waals surface area (Å²) in [5.41, 5.74) is 5.66. The Kier molecular flexibility index (Phi) is 6.12. The molecule has 1 unspecified atom stereocenters. The van der Waals surface area contributed by atoms with E-state index >= 15 is 0 Å². The van der Waals surface area contributed by atoms with Crippen molar-refractivity contribution in [3.63, 3.8) is 0 Å². The molecule has 5 heteroatoms. The van der Waals surface area contributed by atoms with Gasteiger partial charge in [-0.2, -0.15) is 0 Å². The summed E-state index contributed by atoms with van der Waals surface area (Å²) >= 11 is 0. The van der Waals surface area contributed by atoms with Crippen LogP contribution < -0.4 is 5.73 Å². The van der Waals surface area contributed by atoms with Crippen molar-refractivity contribution in [1.82, 2.24) is 9.80 Å². The van der Waals surface area contributed by atoms with E-state index in [0.29, 0.717) is 25.9 Å². The number of hydrogen-bond donors (Lipinski definition) is 1. The molecular formula is C13H25N3O2. The molecule has 0 aromatic rings. The number of nitrogens with two attached hydrogens (primary N) is 1. The minimum atomic E-state index is 0.0686. The Morgan fingerprint density at radius 1 is 1.11 bits per heavy atom. The van der Waals surface area contributed by atoms with Crippen LogP contribution in [0.25, 0.3) is 0 Å². The maximum Gasteiger partial charge on any atom is 0.222 e. The normalized spacial score (nSPS) is 18.4. The van der Waals surface area contributed by atoms with E-state index in [1.165, 1.54) is 0 Å². The molecule has 0 saturated carbocycles. The van der Waals surface area contributed by atoms with Crippen LogP contribution in [0.1, 0.15) is 39.5 Å². The zero-order valence-electron chi connectivity index (χ0n) is 11.5. The molecule has 1 aliphatic rings. The average Bonchev–Trinajstić information content (AvgIpc) is 2.60. The fourth-order valence-electron chi connectivity index (χ4n) is 2.15. The molecule has 0 aromatic heterocycles. The third-order valence-corrected chi connectivity index (χ3v) is 3.32. The lowest BCUT2D eigenvalue weighted by Gasteiger charge is -2.22. The molecule has 0 aliphatic carbocycles. The smallest absolute Gasteiger partial charge is 0.222 e. The van der Waals surface area contributed by atoms with Crippen LogP contribution in [0.5, 0.6) is 0 Å². The summed E-state index contributed by atoms with van der Waals surface area (Å²) in [6, 6.07) is 0.0686. The Bertz CT molecular complexity index is 292. The van der Waals surface area contributed by atoms with Crippen LogP contribution in [0.2, 0.25) is 0 Å². The molecule has 0 radical (unpaired) electrons. The molecule has 0 aromatic carbocycles. The number of carbonyl (C=O) groups excluding carboxylic acids is 2. The Morgan fingerprint density at radius 3 is 2.17 bits per heavy atom. The highest BCUT2D eigenvalue weighted by Gasteiger charge is 2.20. The van der Waals surface area contributed by atoms with Gasteiger partial charge in [0.25, 0.3) is 0 Å². The van der Waals surface area contributed by atoms with Crippen LogP contribution in [0.3, 0.4) is 0 Å². The molecular weight excluding hydrogens is 230 g/mol. The zero-order valence-corrected chi connectivity index (χ0v) is 11.5. The first-order chi connectivity index (χ1) is 8.54. The van der Waals surface area contributed by atoms with Crippen LogP contribution in [0.15, 0.2) is 0 Å². The van der Waals surface area contributed by atoms with Crippen LogP contribution in [-0.2, 0) is 9.59 Å². The number of carbonyl (C=O) groups is 2. The first-order valence-corrected chi connectivity index (χ1v) is 6.85. The molecule has 0 bridgehead atoms. The largest absolute Gasteiger partial charge is 0.341 e. The summed E-state index contributed by atoms with van der Waals surface area (Å²) in [7, 11) is 0. The van der Waals surface area contributed by atoms with E-state index in [1.54, 1.807) is 0 Å². The number of amides is 2. The Morgan fingerprint density at radius 2 is 1.67 bits per heavy atom. The lowest BCUT2D eigenvalue weighted by molar-refractivity contribution is -0.133. The second kappa shape index (κ2) is 7.36.